The predicted octanol–water partition coefficient (Wildman–Crippen LogP) is 17.7. The molecule has 4 aromatic rings. The monoisotopic (exact) mass is 959 g/mol. The first-order chi connectivity index (χ1) is 28.7. The van der Waals surface area contributed by atoms with Crippen molar-refractivity contribution in [3.63, 3.8) is 0 Å². The van der Waals surface area contributed by atoms with Crippen LogP contribution in [0.4, 0.5) is 13.2 Å². The van der Waals surface area contributed by atoms with Gasteiger partial charge in [-0.3, -0.25) is 0 Å². The minimum atomic E-state index is -5.66. The van der Waals surface area contributed by atoms with Gasteiger partial charge in [-0.15, -0.1) is 0 Å². The second-order valence-electron chi connectivity index (χ2n) is 21.6. The van der Waals surface area contributed by atoms with E-state index in [2.05, 4.69) is 145 Å². The average Bonchev–Trinajstić information content (AvgIpc) is 4.03. The van der Waals surface area contributed by atoms with Gasteiger partial charge in [-0.05, 0) is 0 Å². The Balaban J connectivity index is 1.35. The molecule has 0 heterocycles. The van der Waals surface area contributed by atoms with E-state index in [0.717, 1.165) is 46.2 Å². The normalized spacial score (nSPS) is 21.2. The van der Waals surface area contributed by atoms with E-state index in [4.69, 9.17) is 17.0 Å². The molecular weight excluding hydrogens is 896 g/mol. The zero-order chi connectivity index (χ0) is 43.6. The van der Waals surface area contributed by atoms with Crippen molar-refractivity contribution in [3.8, 4) is 22.3 Å². The number of benzene rings is 4. The molecule has 2 fully saturated rings. The Morgan fingerprint density at radius 2 is 0.951 bits per heavy atom. The summed E-state index contributed by atoms with van der Waals surface area (Å²) in [5.41, 5.74) is 14.5. The standard InChI is InChI=1S/2C25H29.C4H8F3Si.2ClH.Zr/c2*1-25(2,3)22-13-11-20(12-14-22)23-10-6-9-21-16-19(17-24(21)23)15-18-7-4-5-8-18;1-8-3-2-4(5,6)7;;;/h2*6,9-14,16-18H,4-5,7-8,15H2,1-3H3;8H,2-3H2,1H3;2*1H;/q;;;;;+2/p-2. The molecule has 0 radical (unpaired) electrons. The van der Waals surface area contributed by atoms with Crippen molar-refractivity contribution in [2.45, 2.75) is 149 Å². The third-order valence-corrected chi connectivity index (χ3v) is 65.5. The van der Waals surface area contributed by atoms with Crippen LogP contribution in [0.15, 0.2) is 96.1 Å². The van der Waals surface area contributed by atoms with Gasteiger partial charge in [0.2, 0.25) is 0 Å². The predicted molar refractivity (Wildman–Crippen MR) is 256 cm³/mol. The molecule has 4 aliphatic rings. The van der Waals surface area contributed by atoms with Gasteiger partial charge in [0.1, 0.15) is 0 Å². The number of hydrogen-bond donors (Lipinski definition) is 0. The van der Waals surface area contributed by atoms with Crippen LogP contribution in [0, 0.1) is 11.8 Å². The molecule has 3 atom stereocenters. The van der Waals surface area contributed by atoms with Crippen LogP contribution in [-0.2, 0) is 26.4 Å². The number of hydrogen-bond acceptors (Lipinski definition) is 0. The third kappa shape index (κ3) is 8.96. The zero-order valence-corrected chi connectivity index (χ0v) is 42.6. The molecule has 325 valence electrons. The summed E-state index contributed by atoms with van der Waals surface area (Å²) in [6, 6.07) is 31.3. The third-order valence-electron chi connectivity index (χ3n) is 15.3. The summed E-state index contributed by atoms with van der Waals surface area (Å²) in [7, 11) is 18.1. The molecule has 4 aromatic carbocycles. The number of rotatable bonds is 11. The minimum absolute atomic E-state index is 0.0303. The maximum atomic E-state index is 14.5. The number of fused-ring (bicyclic) bond motifs is 2. The summed E-state index contributed by atoms with van der Waals surface area (Å²) in [5.74, 6) is -1.47. The summed E-state index contributed by atoms with van der Waals surface area (Å²) >= 11 is -5.66. The van der Waals surface area contributed by atoms with Crippen LogP contribution in [0.1, 0.15) is 153 Å². The van der Waals surface area contributed by atoms with E-state index in [9.17, 15) is 13.2 Å². The van der Waals surface area contributed by atoms with Crippen LogP contribution < -0.4 is 0 Å². The van der Waals surface area contributed by atoms with Crippen molar-refractivity contribution in [1.82, 2.24) is 0 Å². The Morgan fingerprint density at radius 1 is 0.574 bits per heavy atom. The molecule has 0 nitrogen and oxygen atoms in total. The molecular formula is C54H66Cl2F3SiZr. The second-order valence-corrected chi connectivity index (χ2v) is 62.9. The fourth-order valence-electron chi connectivity index (χ4n) is 11.9. The molecule has 0 amide bonds. The molecule has 7 heteroatoms. The van der Waals surface area contributed by atoms with Crippen LogP contribution >= 0.6 is 17.0 Å². The van der Waals surface area contributed by atoms with Gasteiger partial charge in [-0.25, -0.2) is 0 Å². The summed E-state index contributed by atoms with van der Waals surface area (Å²) in [6.07, 6.45) is 11.2. The average molecular weight is 962 g/mol. The molecule has 0 bridgehead atoms. The van der Waals surface area contributed by atoms with Gasteiger partial charge in [-0.1, -0.05) is 0 Å². The molecule has 0 saturated heterocycles. The van der Waals surface area contributed by atoms with Gasteiger partial charge in [0.25, 0.3) is 0 Å². The Kier molecular flexibility index (Phi) is 12.6. The molecule has 0 aromatic heterocycles. The van der Waals surface area contributed by atoms with Gasteiger partial charge < -0.3 is 0 Å². The van der Waals surface area contributed by atoms with Crippen LogP contribution in [0.25, 0.3) is 34.4 Å². The summed E-state index contributed by atoms with van der Waals surface area (Å²) in [5, 5.41) is 0. The fraction of sp³-hybridized carbons (Fsp3) is 0.481. The van der Waals surface area contributed by atoms with Gasteiger partial charge in [0.05, 0.1) is 0 Å². The maximum absolute atomic E-state index is 14.5. The Morgan fingerprint density at radius 3 is 1.30 bits per heavy atom. The van der Waals surface area contributed by atoms with Gasteiger partial charge in [0.15, 0.2) is 0 Å². The molecule has 61 heavy (non-hydrogen) atoms. The van der Waals surface area contributed by atoms with Crippen LogP contribution in [0.5, 0.6) is 0 Å². The van der Waals surface area contributed by atoms with E-state index < -0.39 is 34.1 Å². The van der Waals surface area contributed by atoms with Gasteiger partial charge in [0, 0.05) is 0 Å². The van der Waals surface area contributed by atoms with Gasteiger partial charge >= 0.3 is 376 Å². The zero-order valence-electron chi connectivity index (χ0n) is 37.5. The quantitative estimate of drug-likeness (QED) is 0.131. The summed E-state index contributed by atoms with van der Waals surface area (Å²) in [4.78, 5) is 0. The number of halogens is 5. The Bertz CT molecular complexity index is 2150. The first-order valence-corrected chi connectivity index (χ1v) is 39.2. The topological polar surface area (TPSA) is 0 Å². The summed E-state index contributed by atoms with van der Waals surface area (Å²) < 4.78 is 42.9. The van der Waals surface area contributed by atoms with Crippen LogP contribution in [0.3, 0.4) is 0 Å². The molecule has 3 unspecified atom stereocenters. The van der Waals surface area contributed by atoms with E-state index in [1.165, 1.54) is 84.8 Å². The van der Waals surface area contributed by atoms with E-state index in [1.807, 2.05) is 0 Å². The number of alkyl halides is 3. The van der Waals surface area contributed by atoms with E-state index in [1.54, 1.807) is 0 Å². The molecule has 8 rings (SSSR count). The first kappa shape index (κ1) is 45.4. The SMILES string of the molecule is C[SiH](CCC(F)(F)F)[Zr]([Cl])([Cl])([CH]1C(CC2CCCC2)=Cc2c(-c3ccc(C(C)(C)C)cc3)cccc21)[CH]1C(CC2CCCC2)=Cc2c(-c3ccc(C(C)(C)C)cc3)cccc21. The van der Waals surface area contributed by atoms with E-state index in [-0.39, 0.29) is 24.1 Å². The molecule has 0 N–H and O–H groups in total. The van der Waals surface area contributed by atoms with E-state index in [0.29, 0.717) is 11.8 Å². The molecule has 4 aliphatic carbocycles. The fourth-order valence-corrected chi connectivity index (χ4v) is 51.9. The second kappa shape index (κ2) is 17.0. The van der Waals surface area contributed by atoms with Crippen LogP contribution in [-0.4, -0.2) is 12.1 Å². The van der Waals surface area contributed by atoms with Crippen molar-refractivity contribution < 1.29 is 28.7 Å². The first-order valence-electron chi connectivity index (χ1n) is 23.2. The Hall–Kier alpha value is -2.17. The van der Waals surface area contributed by atoms with Crippen molar-refractivity contribution in [3.05, 3.63) is 129 Å². The van der Waals surface area contributed by atoms with E-state index >= 15 is 0 Å². The van der Waals surface area contributed by atoms with Crippen molar-refractivity contribution in [1.29, 1.82) is 0 Å². The Labute approximate surface area is 373 Å². The molecule has 0 aliphatic heterocycles. The van der Waals surface area contributed by atoms with Crippen molar-refractivity contribution in [2.75, 3.05) is 0 Å². The molecule has 0 spiro atoms. The van der Waals surface area contributed by atoms with Gasteiger partial charge in [-0.2, -0.15) is 0 Å². The van der Waals surface area contributed by atoms with Crippen molar-refractivity contribution in [2.24, 2.45) is 11.8 Å². The molecule has 2 saturated carbocycles. The number of allylic oxidation sites excluding steroid dienone is 2. The van der Waals surface area contributed by atoms with Crippen molar-refractivity contribution >= 4 is 35.1 Å². The summed E-state index contributed by atoms with van der Waals surface area (Å²) in [6.45, 7) is 15.6. The van der Waals surface area contributed by atoms with Crippen LogP contribution in [0.2, 0.25) is 12.6 Å².